The third-order valence-electron chi connectivity index (χ3n) is 5.03. The number of aromatic nitrogens is 1. The molecule has 32 heavy (non-hydrogen) atoms. The number of rotatable bonds is 9. The molecule has 0 fully saturated rings. The summed E-state index contributed by atoms with van der Waals surface area (Å²) in [6.07, 6.45) is 4.29. The molecule has 0 saturated heterocycles. The SMILES string of the molecule is CCc1cc2c(C(=O)NC)c(-c3ccc(F)cc3)oc2nc1N(CCCSC)S(C)(=O)=O. The highest BCUT2D eigenvalue weighted by Crippen LogP contribution is 2.36. The quantitative estimate of drug-likeness (QED) is 0.465. The summed E-state index contributed by atoms with van der Waals surface area (Å²) in [7, 11) is -2.07. The van der Waals surface area contributed by atoms with Gasteiger partial charge in [0.05, 0.1) is 17.2 Å². The van der Waals surface area contributed by atoms with Crippen molar-refractivity contribution < 1.29 is 22.0 Å². The van der Waals surface area contributed by atoms with Crippen molar-refractivity contribution in [2.24, 2.45) is 0 Å². The lowest BCUT2D eigenvalue weighted by Gasteiger charge is -2.23. The van der Waals surface area contributed by atoms with E-state index < -0.39 is 15.8 Å². The average molecular weight is 480 g/mol. The number of aryl methyl sites for hydroxylation is 1. The summed E-state index contributed by atoms with van der Waals surface area (Å²) in [6, 6.07) is 7.36. The molecule has 3 aromatic rings. The maximum absolute atomic E-state index is 13.4. The number of furan rings is 1. The van der Waals surface area contributed by atoms with Crippen LogP contribution >= 0.6 is 11.8 Å². The monoisotopic (exact) mass is 479 g/mol. The zero-order chi connectivity index (χ0) is 23.5. The molecule has 0 radical (unpaired) electrons. The van der Waals surface area contributed by atoms with Crippen molar-refractivity contribution in [3.63, 3.8) is 0 Å². The van der Waals surface area contributed by atoms with E-state index in [1.165, 1.54) is 35.6 Å². The standard InChI is InChI=1S/C22H26FN3O4S2/c1-5-14-13-17-18(21(27)24-2)19(15-7-9-16(23)10-8-15)30-22(17)25-20(14)26(32(4,28)29)11-6-12-31-3/h7-10,13H,5-6,11-12H2,1-4H3,(H,24,27). The molecule has 2 aromatic heterocycles. The van der Waals surface area contributed by atoms with E-state index >= 15 is 0 Å². The molecule has 0 aliphatic carbocycles. The van der Waals surface area contributed by atoms with Crippen LogP contribution in [0.15, 0.2) is 34.7 Å². The van der Waals surface area contributed by atoms with Gasteiger partial charge in [-0.05, 0) is 60.7 Å². The van der Waals surface area contributed by atoms with Gasteiger partial charge in [-0.2, -0.15) is 16.7 Å². The molecule has 0 aliphatic rings. The molecule has 172 valence electrons. The summed E-state index contributed by atoms with van der Waals surface area (Å²) in [4.78, 5) is 17.3. The van der Waals surface area contributed by atoms with Crippen LogP contribution in [0, 0.1) is 5.82 Å². The fourth-order valence-electron chi connectivity index (χ4n) is 3.47. The van der Waals surface area contributed by atoms with E-state index in [1.54, 1.807) is 17.8 Å². The van der Waals surface area contributed by atoms with Crippen molar-refractivity contribution in [3.8, 4) is 11.3 Å². The lowest BCUT2D eigenvalue weighted by molar-refractivity contribution is 0.0964. The van der Waals surface area contributed by atoms with E-state index in [2.05, 4.69) is 10.3 Å². The first-order chi connectivity index (χ1) is 15.2. The maximum Gasteiger partial charge on any atom is 0.255 e. The van der Waals surface area contributed by atoms with Gasteiger partial charge in [0.15, 0.2) is 0 Å². The lowest BCUT2D eigenvalue weighted by Crippen LogP contribution is -2.32. The Balaban J connectivity index is 2.25. The summed E-state index contributed by atoms with van der Waals surface area (Å²) in [6.45, 7) is 2.19. The van der Waals surface area contributed by atoms with E-state index in [0.717, 1.165) is 12.0 Å². The molecule has 0 atom stereocenters. The number of nitrogens with zero attached hydrogens (tertiary/aromatic N) is 2. The van der Waals surface area contributed by atoms with Gasteiger partial charge in [0.1, 0.15) is 17.4 Å². The van der Waals surface area contributed by atoms with E-state index in [1.807, 2.05) is 13.2 Å². The smallest absolute Gasteiger partial charge is 0.255 e. The van der Waals surface area contributed by atoms with Crippen LogP contribution in [-0.2, 0) is 16.4 Å². The highest BCUT2D eigenvalue weighted by atomic mass is 32.2. The van der Waals surface area contributed by atoms with Crippen LogP contribution in [0.4, 0.5) is 10.2 Å². The Labute approximate surface area is 191 Å². The Morgan fingerprint density at radius 2 is 1.97 bits per heavy atom. The molecule has 3 rings (SSSR count). The van der Waals surface area contributed by atoms with E-state index in [4.69, 9.17) is 4.42 Å². The normalized spacial score (nSPS) is 11.7. The van der Waals surface area contributed by atoms with Crippen molar-refractivity contribution in [2.45, 2.75) is 19.8 Å². The molecule has 0 saturated carbocycles. The highest BCUT2D eigenvalue weighted by Gasteiger charge is 2.27. The molecule has 2 heterocycles. The third-order valence-corrected chi connectivity index (χ3v) is 6.88. The average Bonchev–Trinajstić information content (AvgIpc) is 3.13. The molecular weight excluding hydrogens is 453 g/mol. The first kappa shape index (κ1) is 24.1. The Morgan fingerprint density at radius 3 is 2.53 bits per heavy atom. The van der Waals surface area contributed by atoms with Crippen LogP contribution in [0.5, 0.6) is 0 Å². The second-order valence-corrected chi connectivity index (χ2v) is 10.1. The summed E-state index contributed by atoms with van der Waals surface area (Å²) >= 11 is 1.64. The summed E-state index contributed by atoms with van der Waals surface area (Å²) in [5.41, 5.74) is 1.62. The molecule has 1 aromatic carbocycles. The second-order valence-electron chi connectivity index (χ2n) is 7.25. The van der Waals surface area contributed by atoms with Crippen LogP contribution < -0.4 is 9.62 Å². The number of pyridine rings is 1. The number of benzene rings is 1. The van der Waals surface area contributed by atoms with Gasteiger partial charge in [0.2, 0.25) is 15.7 Å². The van der Waals surface area contributed by atoms with Crippen LogP contribution in [0.25, 0.3) is 22.4 Å². The van der Waals surface area contributed by atoms with Gasteiger partial charge in [0, 0.05) is 19.2 Å². The van der Waals surface area contributed by atoms with Crippen molar-refractivity contribution in [3.05, 3.63) is 47.3 Å². The third kappa shape index (κ3) is 4.91. The van der Waals surface area contributed by atoms with Gasteiger partial charge >= 0.3 is 0 Å². The number of anilines is 1. The molecule has 0 aliphatic heterocycles. The first-order valence-electron chi connectivity index (χ1n) is 10.1. The predicted octanol–water partition coefficient (Wildman–Crippen LogP) is 4.08. The number of nitrogens with one attached hydrogen (secondary N) is 1. The minimum atomic E-state index is -3.58. The molecule has 0 unspecified atom stereocenters. The highest BCUT2D eigenvalue weighted by molar-refractivity contribution is 7.98. The maximum atomic E-state index is 13.4. The van der Waals surface area contributed by atoms with Crippen molar-refractivity contribution in [2.75, 3.05) is 36.2 Å². The van der Waals surface area contributed by atoms with Crippen molar-refractivity contribution in [1.29, 1.82) is 0 Å². The predicted molar refractivity (Wildman–Crippen MR) is 127 cm³/mol. The Hall–Kier alpha value is -2.59. The number of fused-ring (bicyclic) bond motifs is 1. The van der Waals surface area contributed by atoms with Crippen LogP contribution in [0.2, 0.25) is 0 Å². The van der Waals surface area contributed by atoms with E-state index in [9.17, 15) is 17.6 Å². The molecule has 1 N–H and O–H groups in total. The largest absolute Gasteiger partial charge is 0.437 e. The topological polar surface area (TPSA) is 92.5 Å². The van der Waals surface area contributed by atoms with Gasteiger partial charge in [-0.3, -0.25) is 9.10 Å². The number of hydrogen-bond donors (Lipinski definition) is 1. The van der Waals surface area contributed by atoms with Gasteiger partial charge in [-0.25, -0.2) is 12.8 Å². The number of carbonyl (C=O) groups excluding carboxylic acids is 1. The van der Waals surface area contributed by atoms with Crippen LogP contribution in [0.3, 0.4) is 0 Å². The van der Waals surface area contributed by atoms with Crippen molar-refractivity contribution in [1.82, 2.24) is 10.3 Å². The summed E-state index contributed by atoms with van der Waals surface area (Å²) in [5, 5.41) is 3.08. The van der Waals surface area contributed by atoms with Gasteiger partial charge < -0.3 is 9.73 Å². The van der Waals surface area contributed by atoms with E-state index in [0.29, 0.717) is 41.7 Å². The number of amides is 1. The number of carbonyl (C=O) groups is 1. The number of sulfonamides is 1. The Morgan fingerprint density at radius 1 is 1.28 bits per heavy atom. The molecule has 0 spiro atoms. The Kier molecular flexibility index (Phi) is 7.45. The molecule has 10 heteroatoms. The first-order valence-corrected chi connectivity index (χ1v) is 13.4. The zero-order valence-corrected chi connectivity index (χ0v) is 20.1. The van der Waals surface area contributed by atoms with Crippen LogP contribution in [0.1, 0.15) is 29.3 Å². The number of thioether (sulfide) groups is 1. The zero-order valence-electron chi connectivity index (χ0n) is 18.4. The van der Waals surface area contributed by atoms with Crippen LogP contribution in [-0.4, -0.2) is 51.2 Å². The minimum Gasteiger partial charge on any atom is -0.437 e. The van der Waals surface area contributed by atoms with Gasteiger partial charge in [0.25, 0.3) is 5.91 Å². The fourth-order valence-corrected chi connectivity index (χ4v) is 4.82. The second kappa shape index (κ2) is 9.91. The van der Waals surface area contributed by atoms with Gasteiger partial charge in [-0.15, -0.1) is 0 Å². The lowest BCUT2D eigenvalue weighted by atomic mass is 10.0. The fraction of sp³-hybridized carbons (Fsp3) is 0.364. The van der Waals surface area contributed by atoms with Gasteiger partial charge in [-0.1, -0.05) is 6.92 Å². The van der Waals surface area contributed by atoms with Crippen molar-refractivity contribution >= 4 is 44.6 Å². The molecule has 7 nitrogen and oxygen atoms in total. The van der Waals surface area contributed by atoms with E-state index in [-0.39, 0.29) is 22.9 Å². The molecule has 0 bridgehead atoms. The molecular formula is C22H26FN3O4S2. The number of halogens is 1. The Bertz CT molecular complexity index is 1220. The summed E-state index contributed by atoms with van der Waals surface area (Å²) < 4.78 is 45.8. The summed E-state index contributed by atoms with van der Waals surface area (Å²) in [5.74, 6) is 0.575. The molecule has 1 amide bonds. The number of hydrogen-bond acceptors (Lipinski definition) is 6. The minimum absolute atomic E-state index is 0.147.